The van der Waals surface area contributed by atoms with Gasteiger partial charge in [0.15, 0.2) is 0 Å². The zero-order chi connectivity index (χ0) is 22.8. The Balaban J connectivity index is 1.34. The first-order valence-corrected chi connectivity index (χ1v) is 11.3. The average Bonchev–Trinajstić information content (AvgIpc) is 3.06. The Morgan fingerprint density at radius 2 is 1.72 bits per heavy atom. The molecular formula is C24H26N2O5S. The van der Waals surface area contributed by atoms with Crippen LogP contribution in [0.15, 0.2) is 59.5 Å². The van der Waals surface area contributed by atoms with Crippen molar-refractivity contribution in [3.8, 4) is 11.5 Å². The number of nitrogens with one attached hydrogen (secondary N) is 1. The predicted molar refractivity (Wildman–Crippen MR) is 124 cm³/mol. The van der Waals surface area contributed by atoms with E-state index < -0.39 is 0 Å². The van der Waals surface area contributed by atoms with Gasteiger partial charge in [0.25, 0.3) is 11.1 Å². The smallest absolute Gasteiger partial charge is 0.293 e. The summed E-state index contributed by atoms with van der Waals surface area (Å²) in [6.07, 6.45) is 2.56. The minimum absolute atomic E-state index is 0.144. The fourth-order valence-corrected chi connectivity index (χ4v) is 3.88. The highest BCUT2D eigenvalue weighted by molar-refractivity contribution is 8.18. The molecule has 0 aromatic heterocycles. The quantitative estimate of drug-likeness (QED) is 0.407. The molecule has 0 bridgehead atoms. The second-order valence-corrected chi connectivity index (χ2v) is 7.94. The summed E-state index contributed by atoms with van der Waals surface area (Å²) < 4.78 is 11.0. The average molecular weight is 455 g/mol. The Bertz CT molecular complexity index is 960. The number of carbonyl (C=O) groups excluding carboxylic acids is 3. The molecule has 2 aromatic rings. The monoisotopic (exact) mass is 454 g/mol. The number of nitrogens with zero attached hydrogens (tertiary/aromatic N) is 1. The van der Waals surface area contributed by atoms with Crippen LogP contribution < -0.4 is 14.8 Å². The fourth-order valence-electron chi connectivity index (χ4n) is 3.01. The van der Waals surface area contributed by atoms with E-state index in [0.29, 0.717) is 31.0 Å². The number of amides is 3. The topological polar surface area (TPSA) is 84.9 Å². The summed E-state index contributed by atoms with van der Waals surface area (Å²) in [5.74, 6) is 1.03. The molecule has 1 aliphatic heterocycles. The van der Waals surface area contributed by atoms with Crippen molar-refractivity contribution in [1.29, 1.82) is 0 Å². The number of thioether (sulfide) groups is 1. The number of rotatable bonds is 11. The van der Waals surface area contributed by atoms with Crippen LogP contribution in [0.3, 0.4) is 0 Å². The zero-order valence-electron chi connectivity index (χ0n) is 17.9. The normalized spacial score (nSPS) is 14.7. The van der Waals surface area contributed by atoms with Gasteiger partial charge in [0.1, 0.15) is 11.5 Å². The Labute approximate surface area is 191 Å². The van der Waals surface area contributed by atoms with Gasteiger partial charge in [-0.1, -0.05) is 30.3 Å². The number of hydrogen-bond acceptors (Lipinski definition) is 6. The van der Waals surface area contributed by atoms with Gasteiger partial charge in [-0.2, -0.15) is 0 Å². The van der Waals surface area contributed by atoms with E-state index >= 15 is 0 Å². The molecule has 1 N–H and O–H groups in total. The highest BCUT2D eigenvalue weighted by Crippen LogP contribution is 2.31. The zero-order valence-corrected chi connectivity index (χ0v) is 18.7. The third kappa shape index (κ3) is 6.88. The lowest BCUT2D eigenvalue weighted by molar-refractivity contribution is -0.124. The molecule has 1 fully saturated rings. The van der Waals surface area contributed by atoms with Crippen LogP contribution in [-0.4, -0.2) is 48.3 Å². The summed E-state index contributed by atoms with van der Waals surface area (Å²) >= 11 is 0.915. The number of carbonyl (C=O) groups is 3. The van der Waals surface area contributed by atoms with Crippen LogP contribution >= 0.6 is 11.8 Å². The van der Waals surface area contributed by atoms with Crippen LogP contribution in [0.4, 0.5) is 4.79 Å². The van der Waals surface area contributed by atoms with E-state index in [0.717, 1.165) is 33.7 Å². The summed E-state index contributed by atoms with van der Waals surface area (Å²) in [4.78, 5) is 38.2. The van der Waals surface area contributed by atoms with Crippen LogP contribution in [0.1, 0.15) is 25.3 Å². The first-order valence-electron chi connectivity index (χ1n) is 10.5. The van der Waals surface area contributed by atoms with E-state index in [2.05, 4.69) is 5.32 Å². The fraction of sp³-hybridized carbons (Fsp3) is 0.292. The molecule has 7 nitrogen and oxygen atoms in total. The van der Waals surface area contributed by atoms with E-state index in [1.54, 1.807) is 6.08 Å². The Morgan fingerprint density at radius 3 is 2.41 bits per heavy atom. The van der Waals surface area contributed by atoms with Gasteiger partial charge in [0.05, 0.1) is 18.1 Å². The standard InChI is InChI=1S/C24H26N2O5S/c1-2-30-19-10-12-20(13-11-19)31-16-6-9-22(27)25-14-15-26-23(28)21(32-24(26)29)17-18-7-4-3-5-8-18/h3-5,7-8,10-13,17H,2,6,9,14-16H2,1H3,(H,25,27). The van der Waals surface area contributed by atoms with Crippen molar-refractivity contribution in [2.24, 2.45) is 0 Å². The van der Waals surface area contributed by atoms with E-state index in [1.165, 1.54) is 0 Å². The summed E-state index contributed by atoms with van der Waals surface area (Å²) in [6.45, 7) is 3.31. The predicted octanol–water partition coefficient (Wildman–Crippen LogP) is 4.10. The van der Waals surface area contributed by atoms with Gasteiger partial charge in [-0.15, -0.1) is 0 Å². The second-order valence-electron chi connectivity index (χ2n) is 6.95. The van der Waals surface area contributed by atoms with Gasteiger partial charge in [0, 0.05) is 19.5 Å². The molecule has 3 amide bonds. The van der Waals surface area contributed by atoms with Crippen LogP contribution in [0.5, 0.6) is 11.5 Å². The molecule has 0 atom stereocenters. The molecule has 0 saturated carbocycles. The summed E-state index contributed by atoms with van der Waals surface area (Å²) in [5.41, 5.74) is 0.860. The Morgan fingerprint density at radius 1 is 1.03 bits per heavy atom. The molecule has 1 heterocycles. The van der Waals surface area contributed by atoms with Crippen molar-refractivity contribution in [2.75, 3.05) is 26.3 Å². The lowest BCUT2D eigenvalue weighted by Crippen LogP contribution is -2.37. The number of imide groups is 1. The van der Waals surface area contributed by atoms with E-state index in [-0.39, 0.29) is 30.1 Å². The van der Waals surface area contributed by atoms with E-state index in [4.69, 9.17) is 9.47 Å². The molecule has 168 valence electrons. The van der Waals surface area contributed by atoms with Gasteiger partial charge in [-0.3, -0.25) is 19.3 Å². The lowest BCUT2D eigenvalue weighted by atomic mass is 10.2. The number of hydrogen-bond donors (Lipinski definition) is 1. The van der Waals surface area contributed by atoms with Crippen LogP contribution in [0, 0.1) is 0 Å². The first kappa shape index (κ1) is 23.4. The number of ether oxygens (including phenoxy) is 2. The van der Waals surface area contributed by atoms with Crippen molar-refractivity contribution < 1.29 is 23.9 Å². The molecule has 0 unspecified atom stereocenters. The highest BCUT2D eigenvalue weighted by atomic mass is 32.2. The van der Waals surface area contributed by atoms with Crippen LogP contribution in [-0.2, 0) is 9.59 Å². The summed E-state index contributed by atoms with van der Waals surface area (Å²) in [5, 5.41) is 2.43. The van der Waals surface area contributed by atoms with Crippen molar-refractivity contribution in [1.82, 2.24) is 10.2 Å². The Kier molecular flexibility index (Phi) is 8.74. The van der Waals surface area contributed by atoms with Crippen molar-refractivity contribution in [3.05, 3.63) is 65.1 Å². The van der Waals surface area contributed by atoms with Crippen LogP contribution in [0.25, 0.3) is 6.08 Å². The van der Waals surface area contributed by atoms with Crippen molar-refractivity contribution in [2.45, 2.75) is 19.8 Å². The molecule has 8 heteroatoms. The minimum atomic E-state index is -0.332. The van der Waals surface area contributed by atoms with Gasteiger partial charge in [-0.25, -0.2) is 0 Å². The molecular weight excluding hydrogens is 428 g/mol. The maximum Gasteiger partial charge on any atom is 0.293 e. The number of benzene rings is 2. The maximum absolute atomic E-state index is 12.5. The maximum atomic E-state index is 12.5. The molecule has 0 spiro atoms. The molecule has 0 aliphatic carbocycles. The van der Waals surface area contributed by atoms with E-state index in [1.807, 2.05) is 61.5 Å². The molecule has 1 saturated heterocycles. The third-order valence-corrected chi connectivity index (χ3v) is 5.49. The lowest BCUT2D eigenvalue weighted by Gasteiger charge is -2.13. The van der Waals surface area contributed by atoms with Gasteiger partial charge in [0.2, 0.25) is 5.91 Å². The van der Waals surface area contributed by atoms with Crippen LogP contribution in [0.2, 0.25) is 0 Å². The molecule has 3 rings (SSSR count). The molecule has 0 radical (unpaired) electrons. The molecule has 1 aliphatic rings. The Hall–Kier alpha value is -3.26. The summed E-state index contributed by atoms with van der Waals surface area (Å²) in [7, 11) is 0. The first-order chi connectivity index (χ1) is 15.6. The molecule has 32 heavy (non-hydrogen) atoms. The molecule has 2 aromatic carbocycles. The van der Waals surface area contributed by atoms with Crippen molar-refractivity contribution in [3.63, 3.8) is 0 Å². The minimum Gasteiger partial charge on any atom is -0.494 e. The summed E-state index contributed by atoms with van der Waals surface area (Å²) in [6, 6.07) is 16.7. The SMILES string of the molecule is CCOc1ccc(OCCCC(=O)NCCN2C(=O)SC(=Cc3ccccc3)C2=O)cc1. The largest absolute Gasteiger partial charge is 0.494 e. The third-order valence-electron chi connectivity index (χ3n) is 4.58. The van der Waals surface area contributed by atoms with Gasteiger partial charge < -0.3 is 14.8 Å². The van der Waals surface area contributed by atoms with Crippen molar-refractivity contribution >= 4 is 34.9 Å². The highest BCUT2D eigenvalue weighted by Gasteiger charge is 2.34. The van der Waals surface area contributed by atoms with Gasteiger partial charge >= 0.3 is 0 Å². The van der Waals surface area contributed by atoms with E-state index in [9.17, 15) is 14.4 Å². The van der Waals surface area contributed by atoms with Gasteiger partial charge in [-0.05, 0) is 61.0 Å². The second kappa shape index (κ2) is 12.0.